The summed E-state index contributed by atoms with van der Waals surface area (Å²) in [6.45, 7) is 7.31. The van der Waals surface area contributed by atoms with Crippen LogP contribution in [-0.2, 0) is 36.6 Å². The first-order valence-corrected chi connectivity index (χ1v) is 13.5. The largest absolute Gasteiger partial charge is 0.507 e. The number of methoxy groups -OCH3 is 1. The number of para-hydroxylation sites is 1. The summed E-state index contributed by atoms with van der Waals surface area (Å²) in [5.74, 6) is -0.360. The molecule has 2 aromatic rings. The highest BCUT2D eigenvalue weighted by Gasteiger charge is 2.40. The highest BCUT2D eigenvalue weighted by Crippen LogP contribution is 2.42. The molecule has 3 rings (SSSR count). The Morgan fingerprint density at radius 2 is 2.00 bits per heavy atom. The second-order valence-corrected chi connectivity index (χ2v) is 9.99. The summed E-state index contributed by atoms with van der Waals surface area (Å²) in [5, 5.41) is 10.8. The van der Waals surface area contributed by atoms with Gasteiger partial charge >= 0.3 is 19.9 Å². The zero-order valence-corrected chi connectivity index (χ0v) is 23.1. The van der Waals surface area contributed by atoms with E-state index in [1.807, 2.05) is 26.0 Å². The quantitative estimate of drug-likeness (QED) is 0.162. The number of esters is 2. The molecule has 0 bridgehead atoms. The Morgan fingerprint density at radius 1 is 1.29 bits per heavy atom. The SMILES string of the molecule is CCOC(=O)C(C)N(Oc1ccccc1)[P+](=O)COCC(C)=CCc1c(O)c2c(c(C)c1OC)COC2=O. The van der Waals surface area contributed by atoms with Gasteiger partial charge in [-0.25, -0.2) is 4.79 Å². The second kappa shape index (κ2) is 13.4. The van der Waals surface area contributed by atoms with Crippen molar-refractivity contribution >= 4 is 19.9 Å². The summed E-state index contributed by atoms with van der Waals surface area (Å²) in [4.78, 5) is 31.2. The molecule has 0 radical (unpaired) electrons. The summed E-state index contributed by atoms with van der Waals surface area (Å²) >= 11 is 0. The van der Waals surface area contributed by atoms with Crippen molar-refractivity contribution < 1.29 is 43.0 Å². The normalized spacial score (nSPS) is 14.1. The fourth-order valence-electron chi connectivity index (χ4n) is 3.97. The van der Waals surface area contributed by atoms with Gasteiger partial charge in [0.1, 0.15) is 23.7 Å². The molecule has 204 valence electrons. The average molecular weight is 547 g/mol. The number of phenolic OH excluding ortho intramolecular Hbond substituents is 1. The molecule has 0 aromatic heterocycles. The summed E-state index contributed by atoms with van der Waals surface area (Å²) < 4.78 is 34.4. The Bertz CT molecular complexity index is 1210. The predicted octanol–water partition coefficient (Wildman–Crippen LogP) is 4.83. The number of fused-ring (bicyclic) bond motifs is 1. The van der Waals surface area contributed by atoms with E-state index in [2.05, 4.69) is 0 Å². The summed E-state index contributed by atoms with van der Waals surface area (Å²) in [5.41, 5.74) is 2.81. The Hall–Kier alpha value is -3.46. The number of benzene rings is 2. The lowest BCUT2D eigenvalue weighted by Gasteiger charge is -2.17. The Kier molecular flexibility index (Phi) is 10.2. The number of phenols is 1. The van der Waals surface area contributed by atoms with E-state index in [4.69, 9.17) is 23.8 Å². The minimum absolute atomic E-state index is 0.102. The summed E-state index contributed by atoms with van der Waals surface area (Å²) in [6, 6.07) is 7.79. The molecule has 0 aliphatic carbocycles. The van der Waals surface area contributed by atoms with Gasteiger partial charge in [-0.3, -0.25) is 4.79 Å². The minimum atomic E-state index is -2.26. The number of allylic oxidation sites excluding steroid dienone is 1. The van der Waals surface area contributed by atoms with Crippen LogP contribution in [0.2, 0.25) is 0 Å². The third kappa shape index (κ3) is 6.69. The van der Waals surface area contributed by atoms with Gasteiger partial charge in [-0.15, -0.1) is 0 Å². The molecule has 2 unspecified atom stereocenters. The maximum Gasteiger partial charge on any atom is 0.499 e. The highest BCUT2D eigenvalue weighted by atomic mass is 31.1. The van der Waals surface area contributed by atoms with Gasteiger partial charge < -0.3 is 28.9 Å². The van der Waals surface area contributed by atoms with Gasteiger partial charge in [0.15, 0.2) is 11.8 Å². The number of hydrogen-bond donors (Lipinski definition) is 1. The number of hydrogen-bond acceptors (Lipinski definition) is 9. The van der Waals surface area contributed by atoms with Crippen LogP contribution >= 0.6 is 7.95 Å². The number of carbonyl (C=O) groups is 2. The van der Waals surface area contributed by atoms with Gasteiger partial charge in [-0.2, -0.15) is 0 Å². The lowest BCUT2D eigenvalue weighted by molar-refractivity contribution is -0.153. The van der Waals surface area contributed by atoms with E-state index in [0.717, 1.165) is 16.0 Å². The van der Waals surface area contributed by atoms with Gasteiger partial charge in [0.25, 0.3) is 6.35 Å². The average Bonchev–Trinajstić information content (AvgIpc) is 3.30. The molecule has 0 amide bonds. The van der Waals surface area contributed by atoms with Gasteiger partial charge in [-0.1, -0.05) is 29.8 Å². The molecule has 0 fully saturated rings. The zero-order valence-electron chi connectivity index (χ0n) is 22.2. The van der Waals surface area contributed by atoms with Crippen molar-refractivity contribution in [2.75, 3.05) is 26.7 Å². The molecule has 1 aliphatic heterocycles. The topological polar surface area (TPSA) is 121 Å². The van der Waals surface area contributed by atoms with E-state index in [0.29, 0.717) is 22.6 Å². The fraction of sp³-hybridized carbons (Fsp3) is 0.407. The molecule has 0 saturated carbocycles. The van der Waals surface area contributed by atoms with E-state index in [9.17, 15) is 19.3 Å². The van der Waals surface area contributed by atoms with Crippen LogP contribution in [0, 0.1) is 6.92 Å². The first-order chi connectivity index (χ1) is 18.2. The van der Waals surface area contributed by atoms with Crippen LogP contribution in [0.5, 0.6) is 17.2 Å². The van der Waals surface area contributed by atoms with Gasteiger partial charge in [0.05, 0.1) is 25.2 Å². The third-order valence-electron chi connectivity index (χ3n) is 5.95. The highest BCUT2D eigenvalue weighted by molar-refractivity contribution is 7.41. The first kappa shape index (κ1) is 29.1. The number of hydroxylamine groups is 1. The minimum Gasteiger partial charge on any atom is -0.507 e. The summed E-state index contributed by atoms with van der Waals surface area (Å²) in [6.07, 6.45) is 1.91. The van der Waals surface area contributed by atoms with E-state index < -0.39 is 25.9 Å². The van der Waals surface area contributed by atoms with E-state index in [1.165, 1.54) is 7.11 Å². The number of rotatable bonds is 13. The monoisotopic (exact) mass is 546 g/mol. The van der Waals surface area contributed by atoms with Crippen LogP contribution in [0.3, 0.4) is 0 Å². The number of nitrogens with zero attached hydrogens (tertiary/aromatic N) is 1. The summed E-state index contributed by atoms with van der Waals surface area (Å²) in [7, 11) is -0.754. The van der Waals surface area contributed by atoms with Crippen molar-refractivity contribution in [1.29, 1.82) is 0 Å². The van der Waals surface area contributed by atoms with Gasteiger partial charge in [0.2, 0.25) is 0 Å². The molecule has 38 heavy (non-hydrogen) atoms. The van der Waals surface area contributed by atoms with Gasteiger partial charge in [0, 0.05) is 11.1 Å². The number of aromatic hydroxyl groups is 1. The first-order valence-electron chi connectivity index (χ1n) is 12.1. The number of carbonyl (C=O) groups excluding carboxylic acids is 2. The van der Waals surface area contributed by atoms with Crippen molar-refractivity contribution in [3.63, 3.8) is 0 Å². The van der Waals surface area contributed by atoms with Gasteiger partial charge in [-0.05, 0) is 56.4 Å². The molecule has 1 aliphatic rings. The maximum atomic E-state index is 13.1. The number of ether oxygens (including phenoxy) is 4. The molecule has 0 spiro atoms. The maximum absolute atomic E-state index is 13.1. The van der Waals surface area contributed by atoms with E-state index in [-0.39, 0.29) is 43.9 Å². The lowest BCUT2D eigenvalue weighted by atomic mass is 9.95. The van der Waals surface area contributed by atoms with E-state index >= 15 is 0 Å². The molecular weight excluding hydrogens is 513 g/mol. The van der Waals surface area contributed by atoms with Crippen LogP contribution in [0.4, 0.5) is 0 Å². The van der Waals surface area contributed by atoms with Crippen molar-refractivity contribution in [2.45, 2.75) is 46.8 Å². The van der Waals surface area contributed by atoms with Crippen LogP contribution in [0.15, 0.2) is 42.0 Å². The molecule has 0 saturated heterocycles. The molecule has 2 aromatic carbocycles. The smallest absolute Gasteiger partial charge is 0.499 e. The second-order valence-electron chi connectivity index (χ2n) is 8.63. The standard InChI is InChI=1S/C27H32NO9P/c1-6-35-26(30)19(4)28(37-20-10-8-7-9-11-20)38(32)16-34-14-17(2)12-13-21-24(29)23-22(15-36-27(23)31)18(3)25(21)33-5/h7-12,19H,6,13-16H2,1-5H3/p+1. The molecule has 1 heterocycles. The predicted molar refractivity (Wildman–Crippen MR) is 139 cm³/mol. The Labute approximate surface area is 222 Å². The molecular formula is C27H33NO9P+. The van der Waals surface area contributed by atoms with Crippen molar-refractivity contribution in [3.8, 4) is 17.2 Å². The Balaban J connectivity index is 1.66. The van der Waals surface area contributed by atoms with Crippen LogP contribution in [0.1, 0.15) is 47.8 Å². The van der Waals surface area contributed by atoms with Crippen LogP contribution in [-0.4, -0.2) is 54.6 Å². The van der Waals surface area contributed by atoms with Crippen LogP contribution in [0.25, 0.3) is 0 Å². The molecule has 10 nitrogen and oxygen atoms in total. The van der Waals surface area contributed by atoms with E-state index in [1.54, 1.807) is 38.1 Å². The fourth-order valence-corrected chi connectivity index (χ4v) is 4.99. The zero-order chi connectivity index (χ0) is 27.8. The molecule has 2 atom stereocenters. The van der Waals surface area contributed by atoms with Crippen molar-refractivity contribution in [2.24, 2.45) is 0 Å². The third-order valence-corrected chi connectivity index (χ3v) is 7.23. The van der Waals surface area contributed by atoms with Crippen molar-refractivity contribution in [1.82, 2.24) is 4.83 Å². The molecule has 1 N–H and O–H groups in total. The van der Waals surface area contributed by atoms with Crippen molar-refractivity contribution in [3.05, 3.63) is 64.2 Å². The Morgan fingerprint density at radius 3 is 2.66 bits per heavy atom. The lowest BCUT2D eigenvalue weighted by Crippen LogP contribution is -2.38. The van der Waals surface area contributed by atoms with Crippen LogP contribution < -0.4 is 9.57 Å². The molecule has 11 heteroatoms. The number of cyclic esters (lactones) is 1.